The van der Waals surface area contributed by atoms with Gasteiger partial charge in [0.1, 0.15) is 11.6 Å². The van der Waals surface area contributed by atoms with Gasteiger partial charge in [-0.25, -0.2) is 17.8 Å². The van der Waals surface area contributed by atoms with E-state index in [1.54, 1.807) is 23.9 Å². The number of nitrogens with zero attached hydrogens (tertiary/aromatic N) is 3. The summed E-state index contributed by atoms with van der Waals surface area (Å²) in [5, 5.41) is 3.20. The summed E-state index contributed by atoms with van der Waals surface area (Å²) in [5.74, 6) is 0.104. The van der Waals surface area contributed by atoms with Crippen molar-refractivity contribution in [2.75, 3.05) is 19.6 Å². The monoisotopic (exact) mass is 338 g/mol. The van der Waals surface area contributed by atoms with Gasteiger partial charge in [-0.05, 0) is 24.6 Å². The van der Waals surface area contributed by atoms with Gasteiger partial charge in [-0.1, -0.05) is 6.07 Å². The van der Waals surface area contributed by atoms with Crippen molar-refractivity contribution in [3.63, 3.8) is 0 Å². The van der Waals surface area contributed by atoms with E-state index in [0.29, 0.717) is 31.0 Å². The first-order valence-electron chi connectivity index (χ1n) is 7.37. The third kappa shape index (κ3) is 2.89. The number of hydrogen-bond donors (Lipinski definition) is 1. The average molecular weight is 338 g/mol. The fourth-order valence-electron chi connectivity index (χ4n) is 2.87. The van der Waals surface area contributed by atoms with E-state index in [0.717, 1.165) is 6.07 Å². The number of benzene rings is 1. The van der Waals surface area contributed by atoms with Crippen LogP contribution in [0.4, 0.5) is 4.39 Å². The molecule has 1 aliphatic rings. The molecule has 8 heteroatoms. The van der Waals surface area contributed by atoms with Gasteiger partial charge in [0.2, 0.25) is 10.0 Å². The minimum absolute atomic E-state index is 0.0126. The highest BCUT2D eigenvalue weighted by Crippen LogP contribution is 2.29. The molecule has 0 amide bonds. The quantitative estimate of drug-likeness (QED) is 0.913. The highest BCUT2D eigenvalue weighted by molar-refractivity contribution is 7.89. The van der Waals surface area contributed by atoms with Crippen molar-refractivity contribution in [1.82, 2.24) is 19.2 Å². The molecule has 1 aromatic carbocycles. The summed E-state index contributed by atoms with van der Waals surface area (Å²) in [6, 6.07) is 3.42. The van der Waals surface area contributed by atoms with Crippen LogP contribution in [-0.4, -0.2) is 41.9 Å². The lowest BCUT2D eigenvalue weighted by atomic mass is 10.2. The number of hydrogen-bond acceptors (Lipinski definition) is 4. The van der Waals surface area contributed by atoms with Gasteiger partial charge in [-0.2, -0.15) is 4.31 Å². The third-order valence-corrected chi connectivity index (χ3v) is 6.14. The van der Waals surface area contributed by atoms with Crippen LogP contribution < -0.4 is 5.32 Å². The van der Waals surface area contributed by atoms with Crippen LogP contribution in [0.2, 0.25) is 0 Å². The minimum Gasteiger partial charge on any atom is -0.337 e. The maximum Gasteiger partial charge on any atom is 0.244 e. The fourth-order valence-corrected chi connectivity index (χ4v) is 4.69. The molecule has 1 aromatic heterocycles. The standard InChI is InChI=1S/C15H19FN4O2S/c1-11-3-4-12(16)9-14(11)23(21,22)20-8-5-17-10-13(20)15-18-6-7-19(15)2/h3-4,6-7,9,13,17H,5,8,10H2,1-2H3. The van der Waals surface area contributed by atoms with Gasteiger partial charge in [-0.15, -0.1) is 0 Å². The van der Waals surface area contributed by atoms with Crippen molar-refractivity contribution in [3.05, 3.63) is 47.8 Å². The van der Waals surface area contributed by atoms with Crippen molar-refractivity contribution >= 4 is 10.0 Å². The van der Waals surface area contributed by atoms with Crippen molar-refractivity contribution < 1.29 is 12.8 Å². The van der Waals surface area contributed by atoms with E-state index in [-0.39, 0.29) is 4.90 Å². The summed E-state index contributed by atoms with van der Waals surface area (Å²) in [5.41, 5.74) is 0.531. The molecule has 1 aliphatic heterocycles. The molecular weight excluding hydrogens is 319 g/mol. The summed E-state index contributed by atoms with van der Waals surface area (Å²) in [7, 11) is -1.98. The van der Waals surface area contributed by atoms with Gasteiger partial charge in [0.05, 0.1) is 10.9 Å². The second-order valence-electron chi connectivity index (χ2n) is 5.64. The Balaban J connectivity index is 2.06. The van der Waals surface area contributed by atoms with E-state index in [1.807, 2.05) is 7.05 Å². The molecule has 0 spiro atoms. The smallest absolute Gasteiger partial charge is 0.244 e. The Bertz CT molecular complexity index is 819. The highest BCUT2D eigenvalue weighted by Gasteiger charge is 2.37. The Morgan fingerprint density at radius 3 is 2.87 bits per heavy atom. The Hall–Kier alpha value is -1.77. The zero-order chi connectivity index (χ0) is 16.6. The molecule has 3 rings (SSSR count). The minimum atomic E-state index is -3.81. The van der Waals surface area contributed by atoms with Crippen LogP contribution in [0.5, 0.6) is 0 Å². The van der Waals surface area contributed by atoms with Crippen LogP contribution in [0.1, 0.15) is 17.4 Å². The number of rotatable bonds is 3. The topological polar surface area (TPSA) is 67.2 Å². The van der Waals surface area contributed by atoms with E-state index in [2.05, 4.69) is 10.3 Å². The molecule has 124 valence electrons. The molecule has 1 unspecified atom stereocenters. The van der Waals surface area contributed by atoms with Crippen LogP contribution in [0.25, 0.3) is 0 Å². The summed E-state index contributed by atoms with van der Waals surface area (Å²) in [6.45, 7) is 3.01. The van der Waals surface area contributed by atoms with Crippen molar-refractivity contribution in [3.8, 4) is 0 Å². The number of imidazole rings is 1. The fraction of sp³-hybridized carbons (Fsp3) is 0.400. The predicted octanol–water partition coefficient (Wildman–Crippen LogP) is 1.20. The molecule has 0 saturated carbocycles. The van der Waals surface area contributed by atoms with E-state index >= 15 is 0 Å². The van der Waals surface area contributed by atoms with E-state index in [9.17, 15) is 12.8 Å². The predicted molar refractivity (Wildman–Crippen MR) is 83.8 cm³/mol. The number of piperazine rings is 1. The number of aromatic nitrogens is 2. The first-order chi connectivity index (χ1) is 10.9. The number of halogens is 1. The lowest BCUT2D eigenvalue weighted by molar-refractivity contribution is 0.258. The third-order valence-electron chi connectivity index (χ3n) is 4.09. The molecule has 1 atom stereocenters. The Morgan fingerprint density at radius 1 is 1.39 bits per heavy atom. The number of aryl methyl sites for hydroxylation is 2. The first kappa shape index (κ1) is 16.1. The van der Waals surface area contributed by atoms with Gasteiger partial charge in [0, 0.05) is 39.1 Å². The van der Waals surface area contributed by atoms with Crippen LogP contribution in [-0.2, 0) is 17.1 Å². The molecule has 23 heavy (non-hydrogen) atoms. The summed E-state index contributed by atoms with van der Waals surface area (Å²) >= 11 is 0. The number of nitrogens with one attached hydrogen (secondary N) is 1. The lowest BCUT2D eigenvalue weighted by Crippen LogP contribution is -2.49. The maximum absolute atomic E-state index is 13.6. The SMILES string of the molecule is Cc1ccc(F)cc1S(=O)(=O)N1CCNCC1c1nccn1C. The second-order valence-corrected chi connectivity index (χ2v) is 7.50. The molecular formula is C15H19FN4O2S. The highest BCUT2D eigenvalue weighted by atomic mass is 32.2. The normalized spacial score (nSPS) is 19.9. The average Bonchev–Trinajstić information content (AvgIpc) is 2.95. The van der Waals surface area contributed by atoms with Gasteiger partial charge in [0.15, 0.2) is 0 Å². The van der Waals surface area contributed by atoms with Crippen LogP contribution in [0.15, 0.2) is 35.5 Å². The lowest BCUT2D eigenvalue weighted by Gasteiger charge is -2.35. The molecule has 0 radical (unpaired) electrons. The second kappa shape index (κ2) is 6.03. The molecule has 0 aliphatic carbocycles. The van der Waals surface area contributed by atoms with Gasteiger partial charge in [0.25, 0.3) is 0 Å². The molecule has 2 heterocycles. The summed E-state index contributed by atoms with van der Waals surface area (Å²) in [4.78, 5) is 4.29. The van der Waals surface area contributed by atoms with Gasteiger partial charge in [-0.3, -0.25) is 0 Å². The van der Waals surface area contributed by atoms with E-state index in [4.69, 9.17) is 0 Å². The first-order valence-corrected chi connectivity index (χ1v) is 8.81. The van der Waals surface area contributed by atoms with Crippen molar-refractivity contribution in [1.29, 1.82) is 0 Å². The van der Waals surface area contributed by atoms with Crippen LogP contribution in [0.3, 0.4) is 0 Å². The Kier molecular flexibility index (Phi) is 4.22. The van der Waals surface area contributed by atoms with E-state index < -0.39 is 21.9 Å². The Morgan fingerprint density at radius 2 is 2.17 bits per heavy atom. The molecule has 1 saturated heterocycles. The molecule has 1 fully saturated rings. The van der Waals surface area contributed by atoms with Crippen molar-refractivity contribution in [2.45, 2.75) is 17.9 Å². The number of sulfonamides is 1. The van der Waals surface area contributed by atoms with Crippen LogP contribution in [0, 0.1) is 12.7 Å². The molecule has 0 bridgehead atoms. The summed E-state index contributed by atoms with van der Waals surface area (Å²) < 4.78 is 42.9. The largest absolute Gasteiger partial charge is 0.337 e. The zero-order valence-corrected chi connectivity index (χ0v) is 13.8. The van der Waals surface area contributed by atoms with Gasteiger partial charge >= 0.3 is 0 Å². The zero-order valence-electron chi connectivity index (χ0n) is 13.0. The molecule has 1 N–H and O–H groups in total. The van der Waals surface area contributed by atoms with Crippen molar-refractivity contribution in [2.24, 2.45) is 7.05 Å². The maximum atomic E-state index is 13.6. The Labute approximate surface area is 135 Å². The summed E-state index contributed by atoms with van der Waals surface area (Å²) in [6.07, 6.45) is 3.42. The molecule has 6 nitrogen and oxygen atoms in total. The van der Waals surface area contributed by atoms with Crippen LogP contribution >= 0.6 is 0 Å². The van der Waals surface area contributed by atoms with E-state index in [1.165, 1.54) is 16.4 Å². The molecule has 2 aromatic rings. The van der Waals surface area contributed by atoms with Gasteiger partial charge < -0.3 is 9.88 Å².